The molecular formula is C25H28N5O4+. The summed E-state index contributed by atoms with van der Waals surface area (Å²) in [4.78, 5) is 38.0. The highest BCUT2D eigenvalue weighted by molar-refractivity contribution is 5.85. The second-order valence-electron chi connectivity index (χ2n) is 8.71. The van der Waals surface area contributed by atoms with Gasteiger partial charge in [0, 0.05) is 12.8 Å². The summed E-state index contributed by atoms with van der Waals surface area (Å²) in [6.45, 7) is 0.648. The van der Waals surface area contributed by atoms with E-state index >= 15 is 0 Å². The third-order valence-corrected chi connectivity index (χ3v) is 6.71. The number of quaternary nitrogens is 1. The summed E-state index contributed by atoms with van der Waals surface area (Å²) in [5.74, 6) is -1.05. The number of likely N-dealkylation sites (tertiary alicyclic amines) is 1. The number of hydrogen-bond acceptors (Lipinski definition) is 7. The van der Waals surface area contributed by atoms with Crippen LogP contribution in [0, 0.1) is 0 Å². The van der Waals surface area contributed by atoms with Gasteiger partial charge in [-0.1, -0.05) is 60.7 Å². The van der Waals surface area contributed by atoms with E-state index in [1.54, 1.807) is 48.5 Å². The van der Waals surface area contributed by atoms with Crippen LogP contribution in [-0.2, 0) is 19.9 Å². The number of likely N-dealkylation sites (N-methyl/N-ethyl adjacent to an activating group) is 1. The molecule has 0 spiro atoms. The van der Waals surface area contributed by atoms with E-state index in [9.17, 15) is 14.7 Å². The van der Waals surface area contributed by atoms with Crippen LogP contribution in [-0.4, -0.2) is 62.7 Å². The SMILES string of the molecule is C[N+]1(C(C(N)=O)c2ncncn2)CCCC1COC(=O)C(O)(c1ccccc1)c1ccccc1. The van der Waals surface area contributed by atoms with Crippen LogP contribution in [0.2, 0.25) is 0 Å². The van der Waals surface area contributed by atoms with Gasteiger partial charge in [-0.05, 0) is 11.1 Å². The van der Waals surface area contributed by atoms with Crippen molar-refractivity contribution in [1.82, 2.24) is 15.0 Å². The maximum atomic E-state index is 13.4. The van der Waals surface area contributed by atoms with Crippen LogP contribution < -0.4 is 5.73 Å². The number of nitrogens with two attached hydrogens (primary N) is 1. The van der Waals surface area contributed by atoms with Gasteiger partial charge in [-0.2, -0.15) is 0 Å². The third kappa shape index (κ3) is 4.27. The van der Waals surface area contributed by atoms with Crippen LogP contribution >= 0.6 is 0 Å². The van der Waals surface area contributed by atoms with Crippen LogP contribution in [0.4, 0.5) is 0 Å². The first-order valence-electron chi connectivity index (χ1n) is 11.1. The van der Waals surface area contributed by atoms with Crippen molar-refractivity contribution in [3.8, 4) is 0 Å². The van der Waals surface area contributed by atoms with Crippen molar-refractivity contribution >= 4 is 11.9 Å². The zero-order valence-corrected chi connectivity index (χ0v) is 18.9. The molecule has 0 saturated carbocycles. The molecule has 1 aliphatic rings. The highest BCUT2D eigenvalue weighted by Gasteiger charge is 2.50. The van der Waals surface area contributed by atoms with E-state index in [1.807, 2.05) is 19.2 Å². The van der Waals surface area contributed by atoms with E-state index in [2.05, 4.69) is 15.0 Å². The predicted octanol–water partition coefficient (Wildman–Crippen LogP) is 1.49. The smallest absolute Gasteiger partial charge is 0.347 e. The zero-order valence-electron chi connectivity index (χ0n) is 18.9. The first-order valence-corrected chi connectivity index (χ1v) is 11.1. The molecule has 1 amide bonds. The predicted molar refractivity (Wildman–Crippen MR) is 123 cm³/mol. The summed E-state index contributed by atoms with van der Waals surface area (Å²) in [6, 6.07) is 16.4. The number of primary amides is 1. The van der Waals surface area contributed by atoms with Gasteiger partial charge in [-0.3, -0.25) is 4.79 Å². The van der Waals surface area contributed by atoms with E-state index in [1.165, 1.54) is 12.7 Å². The van der Waals surface area contributed by atoms with Crippen LogP contribution in [0.5, 0.6) is 0 Å². The van der Waals surface area contributed by atoms with Gasteiger partial charge in [0.2, 0.25) is 11.6 Å². The highest BCUT2D eigenvalue weighted by atomic mass is 16.6. The summed E-state index contributed by atoms with van der Waals surface area (Å²) >= 11 is 0. The number of aliphatic hydroxyl groups is 1. The second kappa shape index (κ2) is 9.66. The summed E-state index contributed by atoms with van der Waals surface area (Å²) < 4.78 is 5.96. The maximum absolute atomic E-state index is 13.4. The molecule has 3 N–H and O–H groups in total. The van der Waals surface area contributed by atoms with Gasteiger partial charge in [-0.25, -0.2) is 19.7 Å². The summed E-state index contributed by atoms with van der Waals surface area (Å²) in [5.41, 5.74) is 4.62. The molecule has 0 aliphatic carbocycles. The topological polar surface area (TPSA) is 128 Å². The van der Waals surface area contributed by atoms with Gasteiger partial charge in [0.15, 0.2) is 5.82 Å². The Labute approximate surface area is 197 Å². The Bertz CT molecular complexity index is 1090. The largest absolute Gasteiger partial charge is 0.457 e. The molecule has 3 aromatic rings. The fourth-order valence-electron chi connectivity index (χ4n) is 4.85. The molecule has 3 unspecified atom stereocenters. The van der Waals surface area contributed by atoms with E-state index in [-0.39, 0.29) is 23.0 Å². The first kappa shape index (κ1) is 23.5. The molecule has 1 saturated heterocycles. The number of nitrogens with zero attached hydrogens (tertiary/aromatic N) is 4. The molecule has 2 heterocycles. The quantitative estimate of drug-likeness (QED) is 0.383. The fourth-order valence-corrected chi connectivity index (χ4v) is 4.85. The molecule has 2 aromatic carbocycles. The van der Waals surface area contributed by atoms with Gasteiger partial charge in [0.1, 0.15) is 25.3 Å². The molecule has 0 radical (unpaired) electrons. The maximum Gasteiger partial charge on any atom is 0.347 e. The lowest BCUT2D eigenvalue weighted by molar-refractivity contribution is -0.942. The van der Waals surface area contributed by atoms with Gasteiger partial charge < -0.3 is 20.1 Å². The molecular weight excluding hydrogens is 434 g/mol. The van der Waals surface area contributed by atoms with Crippen LogP contribution in [0.3, 0.4) is 0 Å². The molecule has 0 bridgehead atoms. The Morgan fingerprint density at radius 1 is 1.09 bits per heavy atom. The van der Waals surface area contributed by atoms with Crippen molar-refractivity contribution in [2.45, 2.75) is 30.5 Å². The average molecular weight is 463 g/mol. The van der Waals surface area contributed by atoms with Crippen LogP contribution in [0.1, 0.15) is 35.8 Å². The van der Waals surface area contributed by atoms with Crippen molar-refractivity contribution < 1.29 is 23.9 Å². The van der Waals surface area contributed by atoms with Gasteiger partial charge in [0.25, 0.3) is 5.91 Å². The number of esters is 1. The second-order valence-corrected chi connectivity index (χ2v) is 8.71. The molecule has 34 heavy (non-hydrogen) atoms. The Morgan fingerprint density at radius 3 is 2.18 bits per heavy atom. The lowest BCUT2D eigenvalue weighted by Crippen LogP contribution is -2.57. The standard InChI is InChI=1S/C25H27N5O4/c1-30(21(22(26)31)23-28-16-27-17-29-23)14-8-13-20(30)15-34-24(32)25(33,18-9-4-2-5-10-18)19-11-6-3-7-12-19/h2-7,9-12,16-17,20-21,33H,8,13-15H2,1H3,(H-,26,31)/p+1. The van der Waals surface area contributed by atoms with Crippen LogP contribution in [0.15, 0.2) is 73.3 Å². The van der Waals surface area contributed by atoms with Gasteiger partial charge in [0.05, 0.1) is 13.6 Å². The fraction of sp³-hybridized carbons (Fsp3) is 0.320. The Balaban J connectivity index is 1.60. The average Bonchev–Trinajstić information content (AvgIpc) is 3.24. The lowest BCUT2D eigenvalue weighted by atomic mass is 9.86. The molecule has 176 valence electrons. The minimum Gasteiger partial charge on any atom is -0.457 e. The lowest BCUT2D eigenvalue weighted by Gasteiger charge is -2.40. The molecule has 1 fully saturated rings. The number of ether oxygens (including phenoxy) is 1. The van der Waals surface area contributed by atoms with E-state index in [0.29, 0.717) is 24.1 Å². The Morgan fingerprint density at radius 2 is 1.65 bits per heavy atom. The molecule has 3 atom stereocenters. The molecule has 4 rings (SSSR count). The summed E-state index contributed by atoms with van der Waals surface area (Å²) in [6.07, 6.45) is 4.19. The number of benzene rings is 2. The summed E-state index contributed by atoms with van der Waals surface area (Å²) in [5, 5.41) is 11.6. The third-order valence-electron chi connectivity index (χ3n) is 6.71. The van der Waals surface area contributed by atoms with Crippen molar-refractivity contribution in [1.29, 1.82) is 0 Å². The monoisotopic (exact) mass is 462 g/mol. The molecule has 9 nitrogen and oxygen atoms in total. The number of rotatable bonds is 8. The zero-order chi connectivity index (χ0) is 24.2. The summed E-state index contributed by atoms with van der Waals surface area (Å²) in [7, 11) is 1.89. The number of carbonyl (C=O) groups excluding carboxylic acids is 2. The first-order chi connectivity index (χ1) is 16.4. The van der Waals surface area contributed by atoms with Crippen molar-refractivity contribution in [2.24, 2.45) is 5.73 Å². The minimum atomic E-state index is -1.97. The molecule has 9 heteroatoms. The van der Waals surface area contributed by atoms with Gasteiger partial charge >= 0.3 is 5.97 Å². The van der Waals surface area contributed by atoms with E-state index in [0.717, 1.165) is 6.42 Å². The Hall–Kier alpha value is -3.69. The Kier molecular flexibility index (Phi) is 6.67. The number of carbonyl (C=O) groups is 2. The normalized spacial score (nSPS) is 21.1. The van der Waals surface area contributed by atoms with Crippen LogP contribution in [0.25, 0.3) is 0 Å². The number of aromatic nitrogens is 3. The molecule has 1 aromatic heterocycles. The van der Waals surface area contributed by atoms with Crippen molar-refractivity contribution in [2.75, 3.05) is 20.2 Å². The minimum absolute atomic E-state index is 0.00613. The highest BCUT2D eigenvalue weighted by Crippen LogP contribution is 2.36. The number of amides is 1. The van der Waals surface area contributed by atoms with Crippen molar-refractivity contribution in [3.05, 3.63) is 90.3 Å². The van der Waals surface area contributed by atoms with Gasteiger partial charge in [-0.15, -0.1) is 0 Å². The van der Waals surface area contributed by atoms with Crippen molar-refractivity contribution in [3.63, 3.8) is 0 Å². The van der Waals surface area contributed by atoms with E-state index in [4.69, 9.17) is 10.5 Å². The number of hydrogen-bond donors (Lipinski definition) is 2. The molecule has 1 aliphatic heterocycles. The van der Waals surface area contributed by atoms with E-state index < -0.39 is 23.5 Å².